The number of ether oxygens (including phenoxy) is 1. The van der Waals surface area contributed by atoms with Crippen LogP contribution in [-0.2, 0) is 4.74 Å². The molecule has 0 aliphatic carbocycles. The van der Waals surface area contributed by atoms with Gasteiger partial charge in [-0.05, 0) is 6.92 Å². The summed E-state index contributed by atoms with van der Waals surface area (Å²) >= 11 is 1.15. The average molecular weight is 300 g/mol. The summed E-state index contributed by atoms with van der Waals surface area (Å²) in [4.78, 5) is 25.6. The van der Waals surface area contributed by atoms with Crippen molar-refractivity contribution >= 4 is 33.8 Å². The Kier molecular flexibility index (Phi) is 5.78. The molecule has 1 aromatic heterocycles. The number of nitrogens with one attached hydrogen (secondary N) is 1. The molecular formula is C12H20N4O3S. The second kappa shape index (κ2) is 7.11. The van der Waals surface area contributed by atoms with Crippen LogP contribution in [0.4, 0.5) is 10.7 Å². The molecule has 0 aliphatic heterocycles. The topological polar surface area (TPSA) is 111 Å². The SMILES string of the molecule is CCNC(=O)c1sc(N(C)CCOC)c(C(N)=O)c1N. The number of primary amides is 1. The zero-order valence-electron chi connectivity index (χ0n) is 11.9. The lowest BCUT2D eigenvalue weighted by Crippen LogP contribution is -2.24. The molecule has 0 fully saturated rings. The van der Waals surface area contributed by atoms with E-state index in [0.29, 0.717) is 29.6 Å². The predicted molar refractivity (Wildman–Crippen MR) is 80.4 cm³/mol. The van der Waals surface area contributed by atoms with Crippen LogP contribution in [0.1, 0.15) is 27.0 Å². The summed E-state index contributed by atoms with van der Waals surface area (Å²) in [5.41, 5.74) is 11.6. The summed E-state index contributed by atoms with van der Waals surface area (Å²) in [5, 5.41) is 3.24. The van der Waals surface area contributed by atoms with E-state index in [9.17, 15) is 9.59 Å². The van der Waals surface area contributed by atoms with Crippen LogP contribution in [-0.4, -0.2) is 45.7 Å². The molecule has 0 bridgehead atoms. The second-order valence-corrected chi connectivity index (χ2v) is 5.16. The molecule has 0 aliphatic rings. The molecule has 0 radical (unpaired) electrons. The molecule has 0 saturated carbocycles. The Morgan fingerprint density at radius 1 is 1.45 bits per heavy atom. The normalized spacial score (nSPS) is 10.3. The molecule has 0 aromatic carbocycles. The van der Waals surface area contributed by atoms with Gasteiger partial charge in [-0.15, -0.1) is 11.3 Å². The summed E-state index contributed by atoms with van der Waals surface area (Å²) in [5.74, 6) is -0.947. The Hall–Kier alpha value is -1.80. The number of carbonyl (C=O) groups excluding carboxylic acids is 2. The van der Waals surface area contributed by atoms with Gasteiger partial charge in [-0.2, -0.15) is 0 Å². The van der Waals surface area contributed by atoms with Crippen LogP contribution >= 0.6 is 11.3 Å². The molecule has 0 saturated heterocycles. The van der Waals surface area contributed by atoms with Gasteiger partial charge in [0.2, 0.25) is 0 Å². The van der Waals surface area contributed by atoms with Crippen LogP contribution in [0.25, 0.3) is 0 Å². The fraction of sp³-hybridized carbons (Fsp3) is 0.500. The minimum absolute atomic E-state index is 0.132. The molecule has 1 heterocycles. The quantitative estimate of drug-likeness (QED) is 0.669. The largest absolute Gasteiger partial charge is 0.397 e. The first kappa shape index (κ1) is 16.3. The van der Waals surface area contributed by atoms with Crippen molar-refractivity contribution in [2.24, 2.45) is 5.73 Å². The summed E-state index contributed by atoms with van der Waals surface area (Å²) in [6.45, 7) is 3.34. The van der Waals surface area contributed by atoms with Crippen molar-refractivity contribution in [2.75, 3.05) is 44.5 Å². The zero-order chi connectivity index (χ0) is 15.3. The third-order valence-electron chi connectivity index (χ3n) is 2.69. The molecular weight excluding hydrogens is 280 g/mol. The maximum atomic E-state index is 11.9. The highest BCUT2D eigenvalue weighted by Gasteiger charge is 2.25. The van der Waals surface area contributed by atoms with Crippen molar-refractivity contribution in [3.63, 3.8) is 0 Å². The molecule has 7 nitrogen and oxygen atoms in total. The Balaban J connectivity index is 3.19. The van der Waals surface area contributed by atoms with Gasteiger partial charge in [-0.3, -0.25) is 9.59 Å². The fourth-order valence-electron chi connectivity index (χ4n) is 1.68. The molecule has 1 aromatic rings. The van der Waals surface area contributed by atoms with Crippen molar-refractivity contribution < 1.29 is 14.3 Å². The maximum absolute atomic E-state index is 11.9. The average Bonchev–Trinajstić information content (AvgIpc) is 2.74. The number of hydrogen-bond acceptors (Lipinski definition) is 6. The monoisotopic (exact) mass is 300 g/mol. The Labute approximate surface area is 121 Å². The highest BCUT2D eigenvalue weighted by atomic mass is 32.1. The number of carbonyl (C=O) groups is 2. The van der Waals surface area contributed by atoms with E-state index in [1.165, 1.54) is 0 Å². The van der Waals surface area contributed by atoms with Crippen LogP contribution in [0, 0.1) is 0 Å². The number of nitrogens with two attached hydrogens (primary N) is 2. The zero-order valence-corrected chi connectivity index (χ0v) is 12.7. The molecule has 0 spiro atoms. The summed E-state index contributed by atoms with van der Waals surface area (Å²) < 4.78 is 4.99. The molecule has 0 unspecified atom stereocenters. The van der Waals surface area contributed by atoms with Gasteiger partial charge in [0, 0.05) is 27.2 Å². The number of methoxy groups -OCH3 is 1. The number of amides is 2. The van der Waals surface area contributed by atoms with Gasteiger partial charge in [0.25, 0.3) is 11.8 Å². The second-order valence-electron chi connectivity index (χ2n) is 4.16. The summed E-state index contributed by atoms with van der Waals surface area (Å²) in [6, 6.07) is 0. The van der Waals surface area contributed by atoms with E-state index in [2.05, 4.69) is 5.32 Å². The molecule has 1 rings (SSSR count). The van der Waals surface area contributed by atoms with Gasteiger partial charge < -0.3 is 26.4 Å². The predicted octanol–water partition coefficient (Wildman–Crippen LogP) is 0.262. The van der Waals surface area contributed by atoms with E-state index in [-0.39, 0.29) is 17.2 Å². The molecule has 2 amide bonds. The number of nitrogen functional groups attached to an aromatic ring is 1. The number of anilines is 2. The molecule has 20 heavy (non-hydrogen) atoms. The lowest BCUT2D eigenvalue weighted by molar-refractivity contribution is 0.0960. The van der Waals surface area contributed by atoms with Gasteiger partial charge in [-0.25, -0.2) is 0 Å². The Morgan fingerprint density at radius 3 is 2.60 bits per heavy atom. The van der Waals surface area contributed by atoms with Crippen LogP contribution in [0.15, 0.2) is 0 Å². The highest BCUT2D eigenvalue weighted by Crippen LogP contribution is 2.37. The Bertz CT molecular complexity index is 501. The van der Waals surface area contributed by atoms with E-state index in [1.54, 1.807) is 19.1 Å². The van der Waals surface area contributed by atoms with Crippen molar-refractivity contribution in [2.45, 2.75) is 6.92 Å². The smallest absolute Gasteiger partial charge is 0.263 e. The molecule has 8 heteroatoms. The van der Waals surface area contributed by atoms with Crippen molar-refractivity contribution in [3.05, 3.63) is 10.4 Å². The number of nitrogens with zero attached hydrogens (tertiary/aromatic N) is 1. The van der Waals surface area contributed by atoms with E-state index in [0.717, 1.165) is 11.3 Å². The lowest BCUT2D eigenvalue weighted by Gasteiger charge is -2.17. The number of rotatable bonds is 7. The summed E-state index contributed by atoms with van der Waals surface area (Å²) in [7, 11) is 3.38. The first-order valence-electron chi connectivity index (χ1n) is 6.14. The van der Waals surface area contributed by atoms with Gasteiger partial charge >= 0.3 is 0 Å². The van der Waals surface area contributed by atoms with E-state index >= 15 is 0 Å². The minimum atomic E-state index is -0.645. The number of hydrogen-bond donors (Lipinski definition) is 3. The number of thiophene rings is 1. The van der Waals surface area contributed by atoms with Gasteiger partial charge in [0.05, 0.1) is 17.9 Å². The first-order valence-corrected chi connectivity index (χ1v) is 6.95. The van der Waals surface area contributed by atoms with Crippen molar-refractivity contribution in [3.8, 4) is 0 Å². The maximum Gasteiger partial charge on any atom is 0.263 e. The van der Waals surface area contributed by atoms with E-state index in [1.807, 2.05) is 6.92 Å². The van der Waals surface area contributed by atoms with Crippen LogP contribution in [0.5, 0.6) is 0 Å². The van der Waals surface area contributed by atoms with Crippen LogP contribution < -0.4 is 21.7 Å². The standard InChI is InChI=1S/C12H20N4O3S/c1-4-15-11(18)9-8(13)7(10(14)17)12(20-9)16(2)5-6-19-3/h4-6,13H2,1-3H3,(H2,14,17)(H,15,18). The minimum Gasteiger partial charge on any atom is -0.397 e. The third-order valence-corrected chi connectivity index (χ3v) is 4.01. The van der Waals surface area contributed by atoms with Crippen molar-refractivity contribution in [1.82, 2.24) is 5.32 Å². The van der Waals surface area contributed by atoms with E-state index < -0.39 is 5.91 Å². The Morgan fingerprint density at radius 2 is 2.10 bits per heavy atom. The number of likely N-dealkylation sites (N-methyl/N-ethyl adjacent to an activating group) is 1. The van der Waals surface area contributed by atoms with Crippen LogP contribution in [0.3, 0.4) is 0 Å². The van der Waals surface area contributed by atoms with Crippen LogP contribution in [0.2, 0.25) is 0 Å². The van der Waals surface area contributed by atoms with Crippen molar-refractivity contribution in [1.29, 1.82) is 0 Å². The van der Waals surface area contributed by atoms with Gasteiger partial charge in [0.1, 0.15) is 9.88 Å². The van der Waals surface area contributed by atoms with E-state index in [4.69, 9.17) is 16.2 Å². The molecule has 0 atom stereocenters. The lowest BCUT2D eigenvalue weighted by atomic mass is 10.2. The summed E-state index contributed by atoms with van der Waals surface area (Å²) in [6.07, 6.45) is 0. The third kappa shape index (κ3) is 3.40. The molecule has 5 N–H and O–H groups in total. The fourth-order valence-corrected chi connectivity index (χ4v) is 2.81. The van der Waals surface area contributed by atoms with Gasteiger partial charge in [-0.1, -0.05) is 0 Å². The molecule has 112 valence electrons. The van der Waals surface area contributed by atoms with Gasteiger partial charge in [0.15, 0.2) is 0 Å². The first-order chi connectivity index (χ1) is 9.43. The highest BCUT2D eigenvalue weighted by molar-refractivity contribution is 7.19.